The molecule has 4 N–H and O–H groups in total. The van der Waals surface area contributed by atoms with Crippen molar-refractivity contribution in [3.05, 3.63) is 0 Å². The first-order chi connectivity index (χ1) is 8.05. The van der Waals surface area contributed by atoms with Crippen molar-refractivity contribution in [3.8, 4) is 0 Å². The van der Waals surface area contributed by atoms with E-state index in [1.54, 1.807) is 0 Å². The van der Waals surface area contributed by atoms with Gasteiger partial charge in [0.1, 0.15) is 0 Å². The lowest BCUT2D eigenvalue weighted by Gasteiger charge is -2.52. The van der Waals surface area contributed by atoms with Gasteiger partial charge in [0.15, 0.2) is 0 Å². The summed E-state index contributed by atoms with van der Waals surface area (Å²) >= 11 is 0. The predicted molar refractivity (Wildman–Crippen MR) is 71.3 cm³/mol. The first kappa shape index (κ1) is 13.3. The van der Waals surface area contributed by atoms with Crippen molar-refractivity contribution in [2.45, 2.75) is 39.3 Å². The van der Waals surface area contributed by atoms with Crippen LogP contribution in [0.15, 0.2) is 0 Å². The highest BCUT2D eigenvalue weighted by Crippen LogP contribution is 2.42. The van der Waals surface area contributed by atoms with E-state index in [0.29, 0.717) is 12.1 Å². The van der Waals surface area contributed by atoms with Gasteiger partial charge in [0.2, 0.25) is 0 Å². The topological polar surface area (TPSA) is 58.5 Å². The number of hydrogen-bond donors (Lipinski definition) is 2. The fourth-order valence-electron chi connectivity index (χ4n) is 3.59. The Morgan fingerprint density at radius 2 is 2.00 bits per heavy atom. The molecule has 0 amide bonds. The van der Waals surface area contributed by atoms with Crippen LogP contribution in [0, 0.1) is 11.3 Å². The largest absolute Gasteiger partial charge is 0.318 e. The van der Waals surface area contributed by atoms with Gasteiger partial charge in [0.25, 0.3) is 0 Å². The molecule has 0 radical (unpaired) electrons. The highest BCUT2D eigenvalue weighted by atomic mass is 15.2. The van der Waals surface area contributed by atoms with E-state index in [2.05, 4.69) is 23.6 Å². The number of nitrogens with zero attached hydrogens (tertiary/aromatic N) is 2. The second-order valence-corrected chi connectivity index (χ2v) is 6.23. The van der Waals surface area contributed by atoms with Gasteiger partial charge in [-0.05, 0) is 50.6 Å². The monoisotopic (exact) mass is 240 g/mol. The number of likely N-dealkylation sites (tertiary alicyclic amines) is 2. The van der Waals surface area contributed by atoms with Crippen molar-refractivity contribution >= 4 is 0 Å². The van der Waals surface area contributed by atoms with Gasteiger partial charge >= 0.3 is 0 Å². The number of rotatable bonds is 3. The zero-order chi connectivity index (χ0) is 12.5. The van der Waals surface area contributed by atoms with Gasteiger partial charge in [-0.3, -0.25) is 9.80 Å². The molecule has 0 aliphatic carbocycles. The molecule has 2 heterocycles. The normalized spacial score (nSPS) is 32.8. The summed E-state index contributed by atoms with van der Waals surface area (Å²) in [7, 11) is 0. The van der Waals surface area contributed by atoms with E-state index in [0.717, 1.165) is 5.92 Å². The maximum absolute atomic E-state index is 5.98. The van der Waals surface area contributed by atoms with E-state index in [-0.39, 0.29) is 6.17 Å². The summed E-state index contributed by atoms with van der Waals surface area (Å²) in [5.41, 5.74) is 12.2. The lowest BCUT2D eigenvalue weighted by molar-refractivity contribution is -0.0354. The molecule has 100 valence electrons. The van der Waals surface area contributed by atoms with E-state index in [1.807, 2.05) is 0 Å². The van der Waals surface area contributed by atoms with E-state index < -0.39 is 0 Å². The third kappa shape index (κ3) is 2.81. The summed E-state index contributed by atoms with van der Waals surface area (Å²) in [4.78, 5) is 4.76. The van der Waals surface area contributed by atoms with Crippen LogP contribution < -0.4 is 11.5 Å². The fourth-order valence-corrected chi connectivity index (χ4v) is 3.59. The molecule has 0 aromatic rings. The smallest absolute Gasteiger partial charge is 0.0542 e. The first-order valence-electron chi connectivity index (χ1n) is 6.97. The molecule has 1 unspecified atom stereocenters. The van der Waals surface area contributed by atoms with Gasteiger partial charge in [-0.1, -0.05) is 6.92 Å². The molecule has 2 aliphatic rings. The average molecular weight is 240 g/mol. The Morgan fingerprint density at radius 1 is 1.29 bits per heavy atom. The Labute approximate surface area is 105 Å². The predicted octanol–water partition coefficient (Wildman–Crippen LogP) is 0.631. The van der Waals surface area contributed by atoms with Gasteiger partial charge in [0.05, 0.1) is 6.17 Å². The van der Waals surface area contributed by atoms with Crippen molar-refractivity contribution in [1.29, 1.82) is 0 Å². The third-order valence-electron chi connectivity index (χ3n) is 4.75. The molecule has 2 atom stereocenters. The van der Waals surface area contributed by atoms with Gasteiger partial charge in [-0.15, -0.1) is 0 Å². The zero-order valence-corrected chi connectivity index (χ0v) is 11.4. The van der Waals surface area contributed by atoms with Crippen molar-refractivity contribution in [2.75, 3.05) is 32.8 Å². The lowest BCUT2D eigenvalue weighted by atomic mass is 9.68. The second kappa shape index (κ2) is 5.22. The highest BCUT2D eigenvalue weighted by Gasteiger charge is 2.44. The van der Waals surface area contributed by atoms with E-state index in [4.69, 9.17) is 11.5 Å². The second-order valence-electron chi connectivity index (χ2n) is 6.23. The minimum Gasteiger partial charge on any atom is -0.318 e. The van der Waals surface area contributed by atoms with Crippen molar-refractivity contribution in [1.82, 2.24) is 9.80 Å². The number of nitrogens with two attached hydrogens (primary N) is 2. The molecule has 0 aromatic heterocycles. The SMILES string of the molecule is CC(N)N1CCC[C@@H](C2(C)CN(CN)C2)CC1. The Balaban J connectivity index is 1.87. The average Bonchev–Trinajstić information content (AvgIpc) is 2.50. The van der Waals surface area contributed by atoms with Gasteiger partial charge < -0.3 is 11.5 Å². The molecule has 2 rings (SSSR count). The standard InChI is InChI=1S/C13H28N4/c1-11(15)17-6-3-4-12(5-7-17)13(2)8-16(9-13)10-14/h11-12H,3-10,14-15H2,1-2H3/t11?,12-/m1/s1. The third-order valence-corrected chi connectivity index (χ3v) is 4.75. The van der Waals surface area contributed by atoms with Crippen LogP contribution in [-0.2, 0) is 0 Å². The van der Waals surface area contributed by atoms with Crippen molar-refractivity contribution < 1.29 is 0 Å². The molecule has 2 saturated heterocycles. The molecule has 0 bridgehead atoms. The van der Waals surface area contributed by atoms with Crippen molar-refractivity contribution in [3.63, 3.8) is 0 Å². The van der Waals surface area contributed by atoms with Crippen LogP contribution in [0.4, 0.5) is 0 Å². The van der Waals surface area contributed by atoms with Gasteiger partial charge in [-0.25, -0.2) is 0 Å². The summed E-state index contributed by atoms with van der Waals surface area (Å²) in [5.74, 6) is 0.856. The highest BCUT2D eigenvalue weighted by molar-refractivity contribution is 4.96. The quantitative estimate of drug-likeness (QED) is 0.760. The summed E-state index contributed by atoms with van der Waals surface area (Å²) in [5, 5.41) is 0. The molecule has 0 aromatic carbocycles. The Bertz CT molecular complexity index is 248. The molecule has 4 nitrogen and oxygen atoms in total. The lowest BCUT2D eigenvalue weighted by Crippen LogP contribution is -2.59. The van der Waals surface area contributed by atoms with E-state index >= 15 is 0 Å². The van der Waals surface area contributed by atoms with Gasteiger partial charge in [0, 0.05) is 19.8 Å². The van der Waals surface area contributed by atoms with Gasteiger partial charge in [-0.2, -0.15) is 0 Å². The molecule has 17 heavy (non-hydrogen) atoms. The Morgan fingerprint density at radius 3 is 2.59 bits per heavy atom. The summed E-state index contributed by atoms with van der Waals surface area (Å²) < 4.78 is 0. The molecule has 2 aliphatic heterocycles. The Hall–Kier alpha value is -0.160. The summed E-state index contributed by atoms with van der Waals surface area (Å²) in [6.07, 6.45) is 4.17. The first-order valence-corrected chi connectivity index (χ1v) is 6.97. The summed E-state index contributed by atoms with van der Waals surface area (Å²) in [6.45, 7) is 9.96. The van der Waals surface area contributed by atoms with Crippen LogP contribution in [0.5, 0.6) is 0 Å². The number of hydrogen-bond acceptors (Lipinski definition) is 4. The minimum absolute atomic E-state index is 0.212. The van der Waals surface area contributed by atoms with E-state index in [9.17, 15) is 0 Å². The van der Waals surface area contributed by atoms with Crippen LogP contribution in [0.25, 0.3) is 0 Å². The van der Waals surface area contributed by atoms with Crippen molar-refractivity contribution in [2.24, 2.45) is 22.8 Å². The summed E-state index contributed by atoms with van der Waals surface area (Å²) in [6, 6.07) is 0. The minimum atomic E-state index is 0.212. The van der Waals surface area contributed by atoms with Crippen LogP contribution in [-0.4, -0.2) is 48.8 Å². The zero-order valence-electron chi connectivity index (χ0n) is 11.4. The maximum Gasteiger partial charge on any atom is 0.0542 e. The van der Waals surface area contributed by atoms with E-state index in [1.165, 1.54) is 45.4 Å². The molecular weight excluding hydrogens is 212 g/mol. The molecule has 2 fully saturated rings. The Kier molecular flexibility index (Phi) is 4.08. The fraction of sp³-hybridized carbons (Fsp3) is 1.00. The van der Waals surface area contributed by atoms with Crippen LogP contribution in [0.2, 0.25) is 0 Å². The van der Waals surface area contributed by atoms with Crippen LogP contribution >= 0.6 is 0 Å². The molecule has 0 spiro atoms. The maximum atomic E-state index is 5.98. The molecular formula is C13H28N4. The molecule has 4 heteroatoms. The molecule has 0 saturated carbocycles. The van der Waals surface area contributed by atoms with Crippen LogP contribution in [0.3, 0.4) is 0 Å². The van der Waals surface area contributed by atoms with Crippen LogP contribution in [0.1, 0.15) is 33.1 Å².